The minimum absolute atomic E-state index is 0.0507. The first-order chi connectivity index (χ1) is 16.2. The summed E-state index contributed by atoms with van der Waals surface area (Å²) >= 11 is 2.36. The number of benzene rings is 1. The van der Waals surface area contributed by atoms with Crippen molar-refractivity contribution in [2.24, 2.45) is 39.8 Å². The summed E-state index contributed by atoms with van der Waals surface area (Å²) in [6.07, 6.45) is 3.04. The number of cyclic esters (lactones) is 1. The Hall–Kier alpha value is -1.23. The van der Waals surface area contributed by atoms with Gasteiger partial charge in [0.25, 0.3) is 0 Å². The van der Waals surface area contributed by atoms with Gasteiger partial charge in [-0.15, -0.1) is 0 Å². The fourth-order valence-electron chi connectivity index (χ4n) is 7.34. The van der Waals surface area contributed by atoms with Crippen molar-refractivity contribution in [3.8, 4) is 5.75 Å². The number of methoxy groups -OCH3 is 1. The number of nitrogens with two attached hydrogens (primary N) is 1. The number of aliphatic imine (C=N–C) groups is 1. The average Bonchev–Trinajstić information content (AvgIpc) is 3.28. The van der Waals surface area contributed by atoms with E-state index < -0.39 is 6.04 Å². The van der Waals surface area contributed by atoms with Crippen LogP contribution in [-0.2, 0) is 27.3 Å². The van der Waals surface area contributed by atoms with Crippen LogP contribution in [-0.4, -0.2) is 55.7 Å². The van der Waals surface area contributed by atoms with E-state index in [1.807, 2.05) is 6.92 Å². The van der Waals surface area contributed by atoms with E-state index in [9.17, 15) is 4.79 Å². The van der Waals surface area contributed by atoms with E-state index in [0.717, 1.165) is 27.7 Å². The molecule has 34 heavy (non-hydrogen) atoms. The standard InChI is InChI=1S/C26H36IN3O4/c1-13-18-8-17(9-20(13)28)26(18,3)10-15-6-16(24(32-5)19(27)7-15)12-30-23-22(14(2)33-25(23)31)21(34-30)11-29-4/h6-7,13-14,17-18,20-23H,4,8-12,28H2,1-3,5H3/t13-,14-,17+,18-,20-,21-,22+,23-,26?/m0/s1. The van der Waals surface area contributed by atoms with Gasteiger partial charge >= 0.3 is 5.97 Å². The second-order valence-electron chi connectivity index (χ2n) is 11.0. The highest BCUT2D eigenvalue weighted by Gasteiger charge is 2.58. The van der Waals surface area contributed by atoms with Crippen LogP contribution in [0.5, 0.6) is 5.75 Å². The van der Waals surface area contributed by atoms with E-state index in [0.29, 0.717) is 36.9 Å². The van der Waals surface area contributed by atoms with E-state index >= 15 is 0 Å². The number of fused-ring (bicyclic) bond motifs is 3. The third kappa shape index (κ3) is 3.79. The Labute approximate surface area is 215 Å². The van der Waals surface area contributed by atoms with Gasteiger partial charge in [-0.3, -0.25) is 14.6 Å². The Kier molecular flexibility index (Phi) is 6.49. The lowest BCUT2D eigenvalue weighted by atomic mass is 9.42. The van der Waals surface area contributed by atoms with Gasteiger partial charge in [-0.25, -0.2) is 0 Å². The Balaban J connectivity index is 1.41. The molecule has 2 saturated heterocycles. The van der Waals surface area contributed by atoms with Crippen molar-refractivity contribution in [3.63, 3.8) is 0 Å². The molecule has 9 atom stereocenters. The molecule has 0 aromatic heterocycles. The minimum atomic E-state index is -0.432. The van der Waals surface area contributed by atoms with Crippen LogP contribution in [0.1, 0.15) is 44.7 Å². The lowest BCUT2D eigenvalue weighted by molar-refractivity contribution is -0.188. The Bertz CT molecular complexity index is 989. The number of hydrogen-bond donors (Lipinski definition) is 1. The van der Waals surface area contributed by atoms with Crippen molar-refractivity contribution in [2.75, 3.05) is 13.7 Å². The van der Waals surface area contributed by atoms with E-state index in [-0.39, 0.29) is 29.5 Å². The SMILES string of the molecule is C=NC[C@@H]1ON(Cc2cc(CC3(C)[C@H]4C[C@H](N)[C@@H](C)[C@@H]3C4)cc(I)c2OC)[C@@H]2C(=O)O[C@@H](C)[C@H]12. The molecule has 2 aliphatic heterocycles. The third-order valence-electron chi connectivity index (χ3n) is 9.25. The molecule has 1 aromatic carbocycles. The molecule has 2 bridgehead atoms. The molecule has 8 heteroatoms. The summed E-state index contributed by atoms with van der Waals surface area (Å²) in [5, 5.41) is 1.78. The quantitative estimate of drug-likeness (QED) is 0.301. The molecule has 1 unspecified atom stereocenters. The van der Waals surface area contributed by atoms with Crippen molar-refractivity contribution in [1.82, 2.24) is 5.06 Å². The molecule has 0 amide bonds. The number of carbonyl (C=O) groups excluding carboxylic acids is 1. The number of carbonyl (C=O) groups is 1. The van der Waals surface area contributed by atoms with Crippen molar-refractivity contribution >= 4 is 35.3 Å². The molecule has 0 spiro atoms. The van der Waals surface area contributed by atoms with Crippen LogP contribution in [0.25, 0.3) is 0 Å². The summed E-state index contributed by atoms with van der Waals surface area (Å²) in [5.41, 5.74) is 9.02. The van der Waals surface area contributed by atoms with E-state index in [2.05, 4.69) is 60.3 Å². The maximum Gasteiger partial charge on any atom is 0.326 e. The summed E-state index contributed by atoms with van der Waals surface area (Å²) in [7, 11) is 1.70. The monoisotopic (exact) mass is 581 g/mol. The smallest absolute Gasteiger partial charge is 0.326 e. The molecule has 4 fully saturated rings. The normalized spacial score (nSPS) is 41.1. The first kappa shape index (κ1) is 24.5. The zero-order valence-corrected chi connectivity index (χ0v) is 22.7. The number of hydroxylamine groups is 2. The Morgan fingerprint density at radius 1 is 1.35 bits per heavy atom. The molecule has 7 nitrogen and oxygen atoms in total. The van der Waals surface area contributed by atoms with E-state index in [1.54, 1.807) is 12.2 Å². The van der Waals surface area contributed by atoms with Crippen molar-refractivity contribution in [1.29, 1.82) is 0 Å². The largest absolute Gasteiger partial charge is 0.495 e. The van der Waals surface area contributed by atoms with Gasteiger partial charge in [0.05, 0.1) is 29.7 Å². The lowest BCUT2D eigenvalue weighted by Gasteiger charge is -2.63. The van der Waals surface area contributed by atoms with Gasteiger partial charge in [0.15, 0.2) is 0 Å². The first-order valence-electron chi connectivity index (χ1n) is 12.3. The van der Waals surface area contributed by atoms with E-state index in [1.165, 1.54) is 12.0 Å². The third-order valence-corrected chi connectivity index (χ3v) is 10.1. The zero-order valence-electron chi connectivity index (χ0n) is 20.5. The first-order valence-corrected chi connectivity index (χ1v) is 13.4. The Morgan fingerprint density at radius 2 is 2.12 bits per heavy atom. The van der Waals surface area contributed by atoms with Gasteiger partial charge in [-0.2, -0.15) is 5.06 Å². The van der Waals surface area contributed by atoms with Crippen LogP contribution in [0.15, 0.2) is 17.1 Å². The number of nitrogens with zero attached hydrogens (tertiary/aromatic N) is 2. The molecule has 5 rings (SSSR count). The maximum absolute atomic E-state index is 12.7. The Morgan fingerprint density at radius 3 is 2.79 bits per heavy atom. The van der Waals surface area contributed by atoms with Crippen molar-refractivity contribution in [2.45, 2.75) is 70.9 Å². The molecular weight excluding hydrogens is 545 g/mol. The number of esters is 1. The van der Waals surface area contributed by atoms with Gasteiger partial charge in [-0.05, 0) is 90.3 Å². The van der Waals surface area contributed by atoms with Crippen molar-refractivity contribution in [3.05, 3.63) is 26.8 Å². The predicted octanol–water partition coefficient (Wildman–Crippen LogP) is 3.60. The highest BCUT2D eigenvalue weighted by atomic mass is 127. The summed E-state index contributed by atoms with van der Waals surface area (Å²) in [4.78, 5) is 22.9. The summed E-state index contributed by atoms with van der Waals surface area (Å²) in [6, 6.07) is 4.39. The number of hydrogen-bond acceptors (Lipinski definition) is 7. The van der Waals surface area contributed by atoms with Crippen LogP contribution in [0, 0.1) is 32.7 Å². The van der Waals surface area contributed by atoms with Crippen molar-refractivity contribution < 1.29 is 19.1 Å². The average molecular weight is 581 g/mol. The topological polar surface area (TPSA) is 86.4 Å². The molecule has 4 aliphatic rings. The molecule has 2 heterocycles. The summed E-state index contributed by atoms with van der Waals surface area (Å²) in [5.74, 6) is 2.49. The zero-order chi connectivity index (χ0) is 24.4. The van der Waals surface area contributed by atoms with Crippen LogP contribution in [0.2, 0.25) is 0 Å². The molecule has 1 aromatic rings. The van der Waals surface area contributed by atoms with Gasteiger partial charge in [0.1, 0.15) is 24.0 Å². The molecule has 186 valence electrons. The second-order valence-corrected chi connectivity index (χ2v) is 12.2. The molecule has 0 radical (unpaired) electrons. The van der Waals surface area contributed by atoms with Crippen LogP contribution < -0.4 is 10.5 Å². The van der Waals surface area contributed by atoms with Gasteiger partial charge in [0, 0.05) is 11.6 Å². The molecule has 2 saturated carbocycles. The van der Waals surface area contributed by atoms with Crippen LogP contribution >= 0.6 is 22.6 Å². The molecule has 2 aliphatic carbocycles. The second kappa shape index (κ2) is 9.01. The number of rotatable bonds is 7. The summed E-state index contributed by atoms with van der Waals surface area (Å²) < 4.78 is 12.4. The molecular formula is C26H36IN3O4. The highest BCUT2D eigenvalue weighted by molar-refractivity contribution is 14.1. The fraction of sp³-hybridized carbons (Fsp3) is 0.692. The van der Waals surface area contributed by atoms with Gasteiger partial charge < -0.3 is 15.2 Å². The summed E-state index contributed by atoms with van der Waals surface area (Å²) in [6.45, 7) is 11.2. The maximum atomic E-state index is 12.7. The minimum Gasteiger partial charge on any atom is -0.495 e. The van der Waals surface area contributed by atoms with E-state index in [4.69, 9.17) is 20.0 Å². The van der Waals surface area contributed by atoms with Crippen LogP contribution in [0.3, 0.4) is 0 Å². The fourth-order valence-corrected chi connectivity index (χ4v) is 8.31. The number of ether oxygens (including phenoxy) is 2. The predicted molar refractivity (Wildman–Crippen MR) is 139 cm³/mol. The van der Waals surface area contributed by atoms with Gasteiger partial charge in [0.2, 0.25) is 0 Å². The lowest BCUT2D eigenvalue weighted by Crippen LogP contribution is -2.61. The van der Waals surface area contributed by atoms with Gasteiger partial charge in [-0.1, -0.05) is 19.9 Å². The molecule has 2 N–H and O–H groups in total. The number of halogens is 1. The van der Waals surface area contributed by atoms with Crippen LogP contribution in [0.4, 0.5) is 0 Å². The highest BCUT2D eigenvalue weighted by Crippen LogP contribution is 2.62.